The Hall–Kier alpha value is -2.61. The van der Waals surface area contributed by atoms with E-state index in [-0.39, 0.29) is 17.0 Å². The predicted molar refractivity (Wildman–Crippen MR) is 102 cm³/mol. The molecular weight excluding hydrogens is 400 g/mol. The van der Waals surface area contributed by atoms with Gasteiger partial charge in [-0.3, -0.25) is 4.79 Å². The summed E-state index contributed by atoms with van der Waals surface area (Å²) in [6.45, 7) is 0.827. The van der Waals surface area contributed by atoms with Crippen LogP contribution >= 0.6 is 15.9 Å². The highest BCUT2D eigenvalue weighted by molar-refractivity contribution is 9.10. The Balaban J connectivity index is 1.81. The maximum Gasteiger partial charge on any atom is 0.335 e. The lowest BCUT2D eigenvalue weighted by Crippen LogP contribution is -2.28. The molecule has 0 bridgehead atoms. The Labute approximate surface area is 159 Å². The molecule has 136 valence electrons. The minimum atomic E-state index is -0.928. The number of carbonyl (C=O) groups is 1. The van der Waals surface area contributed by atoms with Crippen LogP contribution in [-0.4, -0.2) is 39.3 Å². The average molecular weight is 419 g/mol. The quantitative estimate of drug-likeness (QED) is 0.793. The number of carboxylic acid groups (broad SMARTS) is 1. The number of aromatic carboxylic acids is 1. The lowest BCUT2D eigenvalue weighted by Gasteiger charge is -2.31. The molecule has 2 heterocycles. The fourth-order valence-corrected chi connectivity index (χ4v) is 3.48. The van der Waals surface area contributed by atoms with Gasteiger partial charge in [0, 0.05) is 38.5 Å². The van der Waals surface area contributed by atoms with Gasteiger partial charge in [0.1, 0.15) is 4.47 Å². The molecule has 1 aliphatic rings. The largest absolute Gasteiger partial charge is 0.478 e. The fraction of sp³-hybridized carbons (Fsp3) is 0.278. The molecule has 0 saturated heterocycles. The third-order valence-electron chi connectivity index (χ3n) is 4.35. The van der Waals surface area contributed by atoms with Gasteiger partial charge in [-0.2, -0.15) is 5.10 Å². The van der Waals surface area contributed by atoms with Crippen LogP contribution in [0.1, 0.15) is 28.3 Å². The van der Waals surface area contributed by atoms with Crippen molar-refractivity contribution in [1.29, 1.82) is 0 Å². The summed E-state index contributed by atoms with van der Waals surface area (Å²) in [5.74, 6) is -0.712. The van der Waals surface area contributed by atoms with Crippen LogP contribution in [0.5, 0.6) is 0 Å². The maximum absolute atomic E-state index is 12.0. The molecule has 0 spiro atoms. The van der Waals surface area contributed by atoms with Crippen LogP contribution in [0, 0.1) is 0 Å². The number of hydrogen-bond acceptors (Lipinski definition) is 5. The number of nitrogens with zero attached hydrogens (tertiary/aromatic N) is 3. The molecule has 7 nitrogen and oxygen atoms in total. The van der Waals surface area contributed by atoms with Gasteiger partial charge in [-0.25, -0.2) is 9.48 Å². The van der Waals surface area contributed by atoms with Gasteiger partial charge < -0.3 is 15.3 Å². The van der Waals surface area contributed by atoms with Crippen LogP contribution in [-0.2, 0) is 7.05 Å². The Morgan fingerprint density at radius 3 is 2.65 bits per heavy atom. The Kier molecular flexibility index (Phi) is 5.13. The van der Waals surface area contributed by atoms with Crippen molar-refractivity contribution in [2.75, 3.05) is 18.9 Å². The molecule has 0 unspecified atom stereocenters. The van der Waals surface area contributed by atoms with E-state index in [9.17, 15) is 9.59 Å². The third-order valence-corrected chi connectivity index (χ3v) is 5.12. The van der Waals surface area contributed by atoms with Gasteiger partial charge in [0.15, 0.2) is 0 Å². The van der Waals surface area contributed by atoms with E-state index in [1.54, 1.807) is 25.4 Å². The first kappa shape index (κ1) is 18.2. The van der Waals surface area contributed by atoms with E-state index in [0.717, 1.165) is 24.2 Å². The lowest BCUT2D eigenvalue weighted by atomic mass is 9.91. The summed E-state index contributed by atoms with van der Waals surface area (Å²) in [5, 5.41) is 16.4. The third kappa shape index (κ3) is 3.80. The summed E-state index contributed by atoms with van der Waals surface area (Å²) in [7, 11) is 3.58. The number of aryl methyl sites for hydroxylation is 1. The number of halogens is 1. The molecule has 1 atom stereocenters. The minimum Gasteiger partial charge on any atom is -0.478 e. The number of benzene rings is 1. The van der Waals surface area contributed by atoms with Gasteiger partial charge >= 0.3 is 5.97 Å². The van der Waals surface area contributed by atoms with E-state index >= 15 is 0 Å². The molecule has 0 saturated carbocycles. The average Bonchev–Trinajstić information content (AvgIpc) is 2.62. The van der Waals surface area contributed by atoms with Crippen molar-refractivity contribution in [3.8, 4) is 0 Å². The first-order valence-corrected chi connectivity index (χ1v) is 8.87. The highest BCUT2D eigenvalue weighted by atomic mass is 79.9. The molecule has 1 aromatic carbocycles. The van der Waals surface area contributed by atoms with Crippen LogP contribution in [0.15, 0.2) is 51.6 Å². The zero-order valence-electron chi connectivity index (χ0n) is 14.4. The second kappa shape index (κ2) is 7.33. The van der Waals surface area contributed by atoms with E-state index in [1.807, 2.05) is 25.4 Å². The lowest BCUT2D eigenvalue weighted by molar-refractivity contribution is 0.0697. The molecule has 26 heavy (non-hydrogen) atoms. The second-order valence-electron chi connectivity index (χ2n) is 6.35. The molecule has 0 radical (unpaired) electrons. The number of anilines is 1. The van der Waals surface area contributed by atoms with Crippen LogP contribution in [0.25, 0.3) is 0 Å². The van der Waals surface area contributed by atoms with Crippen molar-refractivity contribution in [2.45, 2.75) is 12.3 Å². The van der Waals surface area contributed by atoms with Crippen molar-refractivity contribution < 1.29 is 9.90 Å². The van der Waals surface area contributed by atoms with E-state index < -0.39 is 5.97 Å². The Morgan fingerprint density at radius 2 is 2.00 bits per heavy atom. The smallest absolute Gasteiger partial charge is 0.335 e. The zero-order chi connectivity index (χ0) is 18.8. The highest BCUT2D eigenvalue weighted by Gasteiger charge is 2.21. The Bertz CT molecular complexity index is 921. The number of allylic oxidation sites excluding steroid dienone is 1. The SMILES string of the molecule is CN1C=C(Nc2cnn(C)c(=O)c2Br)C[C@H](c2ccc(C(=O)O)cc2)C1. The number of nitrogens with one attached hydrogen (secondary N) is 1. The van der Waals surface area contributed by atoms with Crippen molar-refractivity contribution in [1.82, 2.24) is 14.7 Å². The van der Waals surface area contributed by atoms with Crippen molar-refractivity contribution in [3.63, 3.8) is 0 Å². The number of rotatable bonds is 4. The van der Waals surface area contributed by atoms with Gasteiger partial charge in [-0.15, -0.1) is 0 Å². The van der Waals surface area contributed by atoms with E-state index in [1.165, 1.54) is 4.68 Å². The molecular formula is C18H19BrN4O3. The highest BCUT2D eigenvalue weighted by Crippen LogP contribution is 2.30. The number of aromatic nitrogens is 2. The maximum atomic E-state index is 12.0. The first-order chi connectivity index (χ1) is 12.3. The van der Waals surface area contributed by atoms with Gasteiger partial charge in [0.25, 0.3) is 5.56 Å². The number of carboxylic acids is 1. The molecule has 0 amide bonds. The van der Waals surface area contributed by atoms with Gasteiger partial charge in [0.05, 0.1) is 17.4 Å². The monoisotopic (exact) mass is 418 g/mol. The van der Waals surface area contributed by atoms with Crippen molar-refractivity contribution in [3.05, 3.63) is 68.3 Å². The zero-order valence-corrected chi connectivity index (χ0v) is 16.0. The molecule has 8 heteroatoms. The van der Waals surface area contributed by atoms with Gasteiger partial charge in [0.2, 0.25) is 0 Å². The molecule has 1 aliphatic heterocycles. The molecule has 1 aromatic heterocycles. The topological polar surface area (TPSA) is 87.5 Å². The molecule has 2 N–H and O–H groups in total. The summed E-state index contributed by atoms with van der Waals surface area (Å²) >= 11 is 3.32. The Morgan fingerprint density at radius 1 is 1.31 bits per heavy atom. The summed E-state index contributed by atoms with van der Waals surface area (Å²) in [4.78, 5) is 25.1. The van der Waals surface area contributed by atoms with Crippen LogP contribution in [0.3, 0.4) is 0 Å². The van der Waals surface area contributed by atoms with Gasteiger partial charge in [-0.1, -0.05) is 12.1 Å². The summed E-state index contributed by atoms with van der Waals surface area (Å²) in [5.41, 5.74) is 2.73. The standard InChI is InChI=1S/C18H19BrN4O3/c1-22-9-13(11-3-5-12(6-4-11)18(25)26)7-14(10-22)21-15-8-20-23(2)17(24)16(15)19/h3-6,8,10,13,21H,7,9H2,1-2H3,(H,25,26)/t13-/m0/s1. The summed E-state index contributed by atoms with van der Waals surface area (Å²) in [6.07, 6.45) is 4.36. The molecule has 2 aromatic rings. The number of likely N-dealkylation sites (N-methyl/N-ethyl adjacent to an activating group) is 1. The normalized spacial score (nSPS) is 17.0. The molecule has 0 aliphatic carbocycles. The van der Waals surface area contributed by atoms with Crippen LogP contribution in [0.2, 0.25) is 0 Å². The van der Waals surface area contributed by atoms with Crippen LogP contribution < -0.4 is 10.9 Å². The predicted octanol–water partition coefficient (Wildman–Crippen LogP) is 2.61. The van der Waals surface area contributed by atoms with Crippen molar-refractivity contribution in [2.24, 2.45) is 7.05 Å². The van der Waals surface area contributed by atoms with E-state index in [4.69, 9.17) is 5.11 Å². The van der Waals surface area contributed by atoms with Crippen LogP contribution in [0.4, 0.5) is 5.69 Å². The number of hydrogen-bond donors (Lipinski definition) is 2. The van der Waals surface area contributed by atoms with Gasteiger partial charge in [-0.05, 0) is 40.0 Å². The fourth-order valence-electron chi connectivity index (χ4n) is 3.02. The first-order valence-electron chi connectivity index (χ1n) is 8.08. The van der Waals surface area contributed by atoms with Crippen molar-refractivity contribution >= 4 is 27.6 Å². The summed E-state index contributed by atoms with van der Waals surface area (Å²) < 4.78 is 1.70. The summed E-state index contributed by atoms with van der Waals surface area (Å²) in [6, 6.07) is 6.98. The van der Waals surface area contributed by atoms with E-state index in [0.29, 0.717) is 10.2 Å². The second-order valence-corrected chi connectivity index (χ2v) is 7.14. The minimum absolute atomic E-state index is 0.208. The molecule has 0 fully saturated rings. The molecule has 3 rings (SSSR count). The van der Waals surface area contributed by atoms with E-state index in [2.05, 4.69) is 31.2 Å².